The van der Waals surface area contributed by atoms with E-state index < -0.39 is 0 Å². The van der Waals surface area contributed by atoms with E-state index in [-0.39, 0.29) is 23.6 Å². The average molecular weight is 661 g/mol. The van der Waals surface area contributed by atoms with Gasteiger partial charge in [0.05, 0.1) is 0 Å². The Balaban J connectivity index is 1.39. The third kappa shape index (κ3) is 16.4. The van der Waals surface area contributed by atoms with Crippen LogP contribution < -0.4 is 21.3 Å². The van der Waals surface area contributed by atoms with Crippen molar-refractivity contribution in [3.63, 3.8) is 0 Å². The Labute approximate surface area is 289 Å². The van der Waals surface area contributed by atoms with Crippen molar-refractivity contribution < 1.29 is 19.2 Å². The zero-order chi connectivity index (χ0) is 34.1. The Morgan fingerprint density at radius 3 is 0.688 bits per heavy atom. The minimum Gasteiger partial charge on any atom is -0.352 e. The molecular formula is C40H60N4O4. The summed E-state index contributed by atoms with van der Waals surface area (Å²) in [5.74, 6) is -0.496. The molecule has 0 spiro atoms. The molecule has 0 saturated carbocycles. The molecule has 4 amide bonds. The number of fused-ring (bicyclic) bond motifs is 4. The summed E-state index contributed by atoms with van der Waals surface area (Å²) >= 11 is 0. The van der Waals surface area contributed by atoms with Crippen molar-refractivity contribution >= 4 is 23.6 Å². The summed E-state index contributed by atoms with van der Waals surface area (Å²) in [5, 5.41) is 12.0. The number of amides is 4. The lowest BCUT2D eigenvalue weighted by Crippen LogP contribution is -2.26. The summed E-state index contributed by atoms with van der Waals surface area (Å²) in [6, 6.07) is 14.0. The van der Waals surface area contributed by atoms with Gasteiger partial charge in [-0.25, -0.2) is 0 Å². The summed E-state index contributed by atoms with van der Waals surface area (Å²) in [4.78, 5) is 50.6. The van der Waals surface area contributed by atoms with Crippen LogP contribution in [0.15, 0.2) is 48.5 Å². The highest BCUT2D eigenvalue weighted by Gasteiger charge is 2.11. The van der Waals surface area contributed by atoms with Gasteiger partial charge >= 0.3 is 0 Å². The highest BCUT2D eigenvalue weighted by molar-refractivity contribution is 6.00. The minimum atomic E-state index is -0.124. The molecule has 2 aromatic rings. The summed E-state index contributed by atoms with van der Waals surface area (Å²) in [5.41, 5.74) is 2.11. The van der Waals surface area contributed by atoms with Crippen molar-refractivity contribution in [1.82, 2.24) is 21.3 Å². The molecule has 1 heterocycles. The van der Waals surface area contributed by atoms with Gasteiger partial charge in [0.2, 0.25) is 0 Å². The van der Waals surface area contributed by atoms with E-state index in [1.807, 2.05) is 0 Å². The summed E-state index contributed by atoms with van der Waals surface area (Å²) in [6.45, 7) is 2.58. The van der Waals surface area contributed by atoms with Crippen LogP contribution in [-0.2, 0) is 0 Å². The first-order valence-corrected chi connectivity index (χ1v) is 18.9. The van der Waals surface area contributed by atoms with Crippen LogP contribution in [0.25, 0.3) is 0 Å². The first-order chi connectivity index (χ1) is 23.5. The van der Waals surface area contributed by atoms with Gasteiger partial charge in [0, 0.05) is 48.4 Å². The molecule has 264 valence electrons. The van der Waals surface area contributed by atoms with Gasteiger partial charge in [-0.15, -0.1) is 0 Å². The van der Waals surface area contributed by atoms with Gasteiger partial charge in [0.15, 0.2) is 0 Å². The molecule has 8 heteroatoms. The van der Waals surface area contributed by atoms with Crippen LogP contribution in [0.5, 0.6) is 0 Å². The van der Waals surface area contributed by atoms with Gasteiger partial charge < -0.3 is 21.3 Å². The van der Waals surface area contributed by atoms with E-state index in [1.165, 1.54) is 77.0 Å². The molecule has 48 heavy (non-hydrogen) atoms. The molecular weight excluding hydrogens is 600 g/mol. The Bertz CT molecular complexity index is 1070. The predicted molar refractivity (Wildman–Crippen MR) is 195 cm³/mol. The lowest BCUT2D eigenvalue weighted by atomic mass is 10.1. The van der Waals surface area contributed by atoms with E-state index in [0.717, 1.165) is 51.4 Å². The maximum absolute atomic E-state index is 12.6. The quantitative estimate of drug-likeness (QED) is 0.228. The zero-order valence-electron chi connectivity index (χ0n) is 29.2. The molecule has 8 nitrogen and oxygen atoms in total. The van der Waals surface area contributed by atoms with Gasteiger partial charge in [0.25, 0.3) is 23.6 Å². The van der Waals surface area contributed by atoms with Crippen molar-refractivity contribution in [2.45, 2.75) is 128 Å². The second kappa shape index (κ2) is 24.5. The van der Waals surface area contributed by atoms with Gasteiger partial charge in [-0.05, 0) is 62.1 Å². The molecule has 0 unspecified atom stereocenters. The normalized spacial score (nSPS) is 19.3. The number of rotatable bonds is 0. The van der Waals surface area contributed by atoms with Crippen molar-refractivity contribution in [3.05, 3.63) is 70.8 Å². The number of hydrogen-bond donors (Lipinski definition) is 4. The van der Waals surface area contributed by atoms with E-state index in [1.54, 1.807) is 48.5 Å². The van der Waals surface area contributed by atoms with E-state index in [4.69, 9.17) is 0 Å². The van der Waals surface area contributed by atoms with Gasteiger partial charge in [-0.1, -0.05) is 115 Å². The fourth-order valence-corrected chi connectivity index (χ4v) is 6.15. The first-order valence-electron chi connectivity index (χ1n) is 18.9. The van der Waals surface area contributed by atoms with E-state index >= 15 is 0 Å². The highest BCUT2D eigenvalue weighted by Crippen LogP contribution is 2.13. The molecule has 2 aromatic carbocycles. The molecule has 0 aliphatic carbocycles. The number of hydrogen-bond acceptors (Lipinski definition) is 4. The van der Waals surface area contributed by atoms with Crippen molar-refractivity contribution in [3.8, 4) is 0 Å². The van der Waals surface area contributed by atoms with E-state index in [0.29, 0.717) is 48.4 Å². The largest absolute Gasteiger partial charge is 0.352 e. The van der Waals surface area contributed by atoms with Crippen LogP contribution in [0.2, 0.25) is 0 Å². The monoisotopic (exact) mass is 660 g/mol. The molecule has 1 aliphatic rings. The van der Waals surface area contributed by atoms with Crippen LogP contribution in [0.1, 0.15) is 170 Å². The number of carbonyl (C=O) groups excluding carboxylic acids is 4. The lowest BCUT2D eigenvalue weighted by Gasteiger charge is -2.09. The maximum Gasteiger partial charge on any atom is 0.251 e. The molecule has 3 rings (SSSR count). The molecule has 4 N–H and O–H groups in total. The molecule has 0 saturated heterocycles. The van der Waals surface area contributed by atoms with Crippen LogP contribution in [0.3, 0.4) is 0 Å². The van der Waals surface area contributed by atoms with Gasteiger partial charge in [0.1, 0.15) is 0 Å². The third-order valence-electron chi connectivity index (χ3n) is 9.12. The topological polar surface area (TPSA) is 116 Å². The third-order valence-corrected chi connectivity index (χ3v) is 9.12. The second-order valence-electron chi connectivity index (χ2n) is 13.3. The van der Waals surface area contributed by atoms with Crippen LogP contribution in [-0.4, -0.2) is 49.8 Å². The fraction of sp³-hybridized carbons (Fsp3) is 0.600. The highest BCUT2D eigenvalue weighted by atomic mass is 16.2. The van der Waals surface area contributed by atoms with Crippen LogP contribution in [0, 0.1) is 0 Å². The number of carbonyl (C=O) groups is 4. The second-order valence-corrected chi connectivity index (χ2v) is 13.3. The van der Waals surface area contributed by atoms with Crippen LogP contribution in [0.4, 0.5) is 0 Å². The Kier molecular flexibility index (Phi) is 19.8. The van der Waals surface area contributed by atoms with Crippen molar-refractivity contribution in [2.75, 3.05) is 26.2 Å². The zero-order valence-corrected chi connectivity index (χ0v) is 29.2. The van der Waals surface area contributed by atoms with Gasteiger partial charge in [-0.2, -0.15) is 0 Å². The Morgan fingerprint density at radius 1 is 0.292 bits per heavy atom. The number of nitrogens with one attached hydrogen (secondary N) is 4. The predicted octanol–water partition coefficient (Wildman–Crippen LogP) is 8.12. The summed E-state index contributed by atoms with van der Waals surface area (Å²) in [6.07, 6.45) is 22.6. The smallest absolute Gasteiger partial charge is 0.251 e. The maximum atomic E-state index is 12.6. The lowest BCUT2D eigenvalue weighted by molar-refractivity contribution is 0.0937. The van der Waals surface area contributed by atoms with Crippen molar-refractivity contribution in [1.29, 1.82) is 0 Å². The molecule has 1 aliphatic heterocycles. The summed E-state index contributed by atoms with van der Waals surface area (Å²) < 4.78 is 0. The minimum absolute atomic E-state index is 0.124. The van der Waals surface area contributed by atoms with E-state index in [2.05, 4.69) is 21.3 Å². The number of benzene rings is 2. The van der Waals surface area contributed by atoms with Gasteiger partial charge in [-0.3, -0.25) is 19.2 Å². The average Bonchev–Trinajstić information content (AvgIpc) is 3.11. The molecule has 0 aromatic heterocycles. The Hall–Kier alpha value is -3.68. The molecule has 0 atom stereocenters. The fourth-order valence-electron chi connectivity index (χ4n) is 6.15. The van der Waals surface area contributed by atoms with E-state index in [9.17, 15) is 19.2 Å². The Morgan fingerprint density at radius 2 is 0.479 bits per heavy atom. The molecule has 4 bridgehead atoms. The van der Waals surface area contributed by atoms with Crippen molar-refractivity contribution in [2.24, 2.45) is 0 Å². The first kappa shape index (κ1) is 38.8. The van der Waals surface area contributed by atoms with Crippen LogP contribution >= 0.6 is 0 Å². The standard InChI is InChI=1S/C40H60N4O4/c45-37-33-23-21-25-35(31-33)39(47)43-29-19-15-11-7-3-4-8-12-16-20-30-44-40(48)36-26-22-24-34(32-36)38(46)42-28-18-14-10-6-2-1-5-9-13-17-27-41-37/h21-26,31-32H,1-20,27-30H2,(H,41,45)(H,42,46)(H,43,47)(H,44,48). The SMILES string of the molecule is O=C1NCCCCCCCCCCCCNC(=O)c2cccc(c2)C(=O)NCCCCCCCCCCCCNC(=O)c2cccc1c2. The summed E-state index contributed by atoms with van der Waals surface area (Å²) in [7, 11) is 0. The molecule has 0 fully saturated rings. The molecule has 0 radical (unpaired) electrons.